The number of rotatable bonds is 3. The number of aryl methyl sites for hydroxylation is 1. The Morgan fingerprint density at radius 3 is 2.54 bits per heavy atom. The van der Waals surface area contributed by atoms with Crippen molar-refractivity contribution in [2.75, 3.05) is 31.1 Å². The molecule has 1 saturated heterocycles. The molecule has 2 atom stereocenters. The van der Waals surface area contributed by atoms with Gasteiger partial charge in [-0.25, -0.2) is 9.37 Å². The SMILES string of the molecule is Cc1csc(N2CCN(C(=O)C3CC3c3ccc(F)cc3)CC2)n1. The molecular weight excluding hydrogens is 325 g/mol. The molecule has 24 heavy (non-hydrogen) atoms. The molecule has 1 amide bonds. The summed E-state index contributed by atoms with van der Waals surface area (Å²) < 4.78 is 13.0. The number of carbonyl (C=O) groups is 1. The number of hydrogen-bond acceptors (Lipinski definition) is 4. The number of anilines is 1. The fraction of sp³-hybridized carbons (Fsp3) is 0.444. The third-order valence-corrected chi connectivity index (χ3v) is 5.89. The van der Waals surface area contributed by atoms with Gasteiger partial charge < -0.3 is 9.80 Å². The minimum Gasteiger partial charge on any atom is -0.345 e. The van der Waals surface area contributed by atoms with Gasteiger partial charge in [0.15, 0.2) is 5.13 Å². The van der Waals surface area contributed by atoms with Gasteiger partial charge in [-0.2, -0.15) is 0 Å². The first kappa shape index (κ1) is 15.6. The molecule has 0 N–H and O–H groups in total. The zero-order valence-corrected chi connectivity index (χ0v) is 14.4. The summed E-state index contributed by atoms with van der Waals surface area (Å²) in [5.41, 5.74) is 2.13. The second-order valence-corrected chi connectivity index (χ2v) is 7.42. The van der Waals surface area contributed by atoms with Gasteiger partial charge in [-0.05, 0) is 37.0 Å². The van der Waals surface area contributed by atoms with E-state index in [1.165, 1.54) is 12.1 Å². The van der Waals surface area contributed by atoms with Gasteiger partial charge >= 0.3 is 0 Å². The first-order chi connectivity index (χ1) is 11.6. The van der Waals surface area contributed by atoms with Gasteiger partial charge in [0.25, 0.3) is 0 Å². The van der Waals surface area contributed by atoms with Crippen LogP contribution in [0.25, 0.3) is 0 Å². The molecule has 2 fully saturated rings. The van der Waals surface area contributed by atoms with Crippen LogP contribution in [0.1, 0.15) is 23.6 Å². The van der Waals surface area contributed by atoms with Crippen LogP contribution in [0.5, 0.6) is 0 Å². The number of benzene rings is 1. The van der Waals surface area contributed by atoms with Crippen LogP contribution in [0.15, 0.2) is 29.6 Å². The average Bonchev–Trinajstić information content (AvgIpc) is 3.28. The van der Waals surface area contributed by atoms with Crippen molar-refractivity contribution in [3.8, 4) is 0 Å². The van der Waals surface area contributed by atoms with Gasteiger partial charge in [0.05, 0.1) is 5.69 Å². The zero-order chi connectivity index (χ0) is 16.7. The number of aromatic nitrogens is 1. The molecule has 1 aliphatic heterocycles. The number of halogens is 1. The number of piperazine rings is 1. The molecule has 0 bridgehead atoms. The first-order valence-corrected chi connectivity index (χ1v) is 9.21. The first-order valence-electron chi connectivity index (χ1n) is 8.33. The van der Waals surface area contributed by atoms with Crippen molar-refractivity contribution in [2.24, 2.45) is 5.92 Å². The molecule has 0 radical (unpaired) electrons. The standard InChI is InChI=1S/C18H20FN3OS/c1-12-11-24-18(20-12)22-8-6-21(7-9-22)17(23)16-10-15(16)13-2-4-14(19)5-3-13/h2-5,11,15-16H,6-10H2,1H3. The van der Waals surface area contributed by atoms with Crippen LogP contribution in [0.2, 0.25) is 0 Å². The van der Waals surface area contributed by atoms with Crippen LogP contribution >= 0.6 is 11.3 Å². The molecule has 0 spiro atoms. The summed E-state index contributed by atoms with van der Waals surface area (Å²) >= 11 is 1.66. The Kier molecular flexibility index (Phi) is 4.00. The maximum atomic E-state index is 13.0. The fourth-order valence-electron chi connectivity index (χ4n) is 3.39. The summed E-state index contributed by atoms with van der Waals surface area (Å²) in [7, 11) is 0. The minimum absolute atomic E-state index is 0.0733. The van der Waals surface area contributed by atoms with Gasteiger partial charge in [0, 0.05) is 37.5 Å². The monoisotopic (exact) mass is 345 g/mol. The Labute approximate surface area is 144 Å². The largest absolute Gasteiger partial charge is 0.345 e. The molecule has 2 aromatic rings. The molecule has 2 heterocycles. The van der Waals surface area contributed by atoms with E-state index in [4.69, 9.17) is 0 Å². The quantitative estimate of drug-likeness (QED) is 0.858. The lowest BCUT2D eigenvalue weighted by atomic mass is 10.1. The highest BCUT2D eigenvalue weighted by Gasteiger charge is 2.46. The number of thiazole rings is 1. The van der Waals surface area contributed by atoms with Gasteiger partial charge in [-0.3, -0.25) is 4.79 Å². The normalized spacial score (nSPS) is 23.4. The maximum absolute atomic E-state index is 13.0. The van der Waals surface area contributed by atoms with Crippen LogP contribution in [0, 0.1) is 18.7 Å². The van der Waals surface area contributed by atoms with Crippen molar-refractivity contribution in [2.45, 2.75) is 19.3 Å². The van der Waals surface area contributed by atoms with Crippen LogP contribution in [0.4, 0.5) is 9.52 Å². The number of nitrogens with zero attached hydrogens (tertiary/aromatic N) is 3. The predicted octanol–water partition coefficient (Wildman–Crippen LogP) is 3.04. The number of carbonyl (C=O) groups excluding carboxylic acids is 1. The van der Waals surface area contributed by atoms with Crippen LogP contribution < -0.4 is 4.90 Å². The second kappa shape index (κ2) is 6.16. The lowest BCUT2D eigenvalue weighted by Crippen LogP contribution is -2.49. The summed E-state index contributed by atoms with van der Waals surface area (Å²) in [5.74, 6) is 0.358. The molecule has 1 aromatic heterocycles. The molecular formula is C18H20FN3OS. The number of amides is 1. The van der Waals surface area contributed by atoms with Crippen molar-refractivity contribution in [3.63, 3.8) is 0 Å². The Morgan fingerprint density at radius 2 is 1.92 bits per heavy atom. The van der Waals surface area contributed by atoms with E-state index >= 15 is 0 Å². The lowest BCUT2D eigenvalue weighted by Gasteiger charge is -2.34. The highest BCUT2D eigenvalue weighted by molar-refractivity contribution is 7.13. The summed E-state index contributed by atoms with van der Waals surface area (Å²) in [4.78, 5) is 21.4. The zero-order valence-electron chi connectivity index (χ0n) is 13.6. The Bertz CT molecular complexity index is 737. The topological polar surface area (TPSA) is 36.4 Å². The second-order valence-electron chi connectivity index (χ2n) is 6.58. The Balaban J connectivity index is 1.33. The van der Waals surface area contributed by atoms with Crippen molar-refractivity contribution in [3.05, 3.63) is 46.7 Å². The molecule has 2 unspecified atom stereocenters. The molecule has 1 aliphatic carbocycles. The molecule has 4 rings (SSSR count). The van der Waals surface area contributed by atoms with Crippen LogP contribution in [-0.2, 0) is 4.79 Å². The van der Waals surface area contributed by atoms with E-state index in [9.17, 15) is 9.18 Å². The molecule has 126 valence electrons. The third kappa shape index (κ3) is 3.02. The van der Waals surface area contributed by atoms with Gasteiger partial charge in [-0.15, -0.1) is 11.3 Å². The van der Waals surface area contributed by atoms with Crippen molar-refractivity contribution in [1.29, 1.82) is 0 Å². The maximum Gasteiger partial charge on any atom is 0.226 e. The van der Waals surface area contributed by atoms with Crippen LogP contribution in [-0.4, -0.2) is 42.0 Å². The predicted molar refractivity (Wildman–Crippen MR) is 92.9 cm³/mol. The van der Waals surface area contributed by atoms with Crippen molar-refractivity contribution in [1.82, 2.24) is 9.88 Å². The lowest BCUT2D eigenvalue weighted by molar-refractivity contribution is -0.132. The fourth-order valence-corrected chi connectivity index (χ4v) is 4.24. The molecule has 2 aliphatic rings. The average molecular weight is 345 g/mol. The molecule has 6 heteroatoms. The summed E-state index contributed by atoms with van der Waals surface area (Å²) in [6.07, 6.45) is 0.885. The van der Waals surface area contributed by atoms with Crippen molar-refractivity contribution < 1.29 is 9.18 Å². The molecule has 4 nitrogen and oxygen atoms in total. The molecule has 1 aromatic carbocycles. The highest BCUT2D eigenvalue weighted by atomic mass is 32.1. The Hall–Kier alpha value is -1.95. The molecule has 1 saturated carbocycles. The van der Waals surface area contributed by atoms with Gasteiger partial charge in [-0.1, -0.05) is 12.1 Å². The summed E-state index contributed by atoms with van der Waals surface area (Å²) in [5, 5.41) is 3.11. The van der Waals surface area contributed by atoms with Gasteiger partial charge in [0.2, 0.25) is 5.91 Å². The van der Waals surface area contributed by atoms with Crippen molar-refractivity contribution >= 4 is 22.4 Å². The summed E-state index contributed by atoms with van der Waals surface area (Å²) in [6.45, 7) is 5.19. The van der Waals surface area contributed by atoms with Crippen LogP contribution in [0.3, 0.4) is 0 Å². The summed E-state index contributed by atoms with van der Waals surface area (Å²) in [6, 6.07) is 6.56. The Morgan fingerprint density at radius 1 is 1.21 bits per heavy atom. The van der Waals surface area contributed by atoms with E-state index in [0.717, 1.165) is 49.0 Å². The van der Waals surface area contributed by atoms with E-state index in [1.54, 1.807) is 23.5 Å². The highest BCUT2D eigenvalue weighted by Crippen LogP contribution is 2.48. The minimum atomic E-state index is -0.226. The van der Waals surface area contributed by atoms with Gasteiger partial charge in [0.1, 0.15) is 5.82 Å². The van der Waals surface area contributed by atoms with E-state index < -0.39 is 0 Å². The smallest absolute Gasteiger partial charge is 0.226 e. The van der Waals surface area contributed by atoms with E-state index in [-0.39, 0.29) is 23.6 Å². The van der Waals surface area contributed by atoms with E-state index in [2.05, 4.69) is 15.3 Å². The van der Waals surface area contributed by atoms with E-state index in [1.807, 2.05) is 11.8 Å². The van der Waals surface area contributed by atoms with E-state index in [0.29, 0.717) is 0 Å². The number of hydrogen-bond donors (Lipinski definition) is 0. The third-order valence-electron chi connectivity index (χ3n) is 4.87.